The lowest BCUT2D eigenvalue weighted by Gasteiger charge is -2.27. The number of para-hydroxylation sites is 2. The number of benzene rings is 8. The van der Waals surface area contributed by atoms with E-state index in [0.717, 1.165) is 66.0 Å². The molecule has 0 aromatic heterocycles. The lowest BCUT2D eigenvalue weighted by molar-refractivity contribution is -0.359. The van der Waals surface area contributed by atoms with Gasteiger partial charge < -0.3 is 126 Å². The number of esters is 4. The molecule has 3 aliphatic rings. The Morgan fingerprint density at radius 1 is 0.414 bits per heavy atom. The molecule has 8 aromatic rings. The van der Waals surface area contributed by atoms with Crippen LogP contribution in [0.1, 0.15) is 78.5 Å². The first kappa shape index (κ1) is 104. The van der Waals surface area contributed by atoms with Gasteiger partial charge in [-0.3, -0.25) is 0 Å². The summed E-state index contributed by atoms with van der Waals surface area (Å²) >= 11 is 0. The van der Waals surface area contributed by atoms with Gasteiger partial charge in [-0.1, -0.05) is 109 Å². The monoisotopic (exact) mass is 1840 g/mol. The zero-order chi connectivity index (χ0) is 96.5. The molecule has 2 saturated heterocycles. The van der Waals surface area contributed by atoms with Gasteiger partial charge in [-0.25, -0.2) is 19.2 Å². The van der Waals surface area contributed by atoms with Gasteiger partial charge in [0.1, 0.15) is 57.5 Å². The SMILES string of the molecule is CC(C)(C)OC(=O)c1ccc(OC(F)(F)C(=O)[O-])cc1.CC1(C)CC2C=CC=C(OC(F)(F)C(=O)[O-])C2O1.O=C(OC1CCOC1=O)c1ccc(OC(F)(F)C(=O)[O-])cc1.O=C(OCC(F)(F)F)c1ccccc1OC(F)(F)C(=O)[O-].O=C([O-])C(F)(F)Oc1ccc2ccccc2c1.O=C([O-])C(F)(F)Oc1cccc2ccccc12.O=C([O-])C(F)(F)Oc1ccccc1. The molecule has 0 radical (unpaired) electrons. The Labute approximate surface area is 707 Å². The fraction of sp³-hybridized carbons (Fsp3) is 0.272. The number of cyclic esters (lactones) is 1. The van der Waals surface area contributed by atoms with Gasteiger partial charge >= 0.3 is 72.8 Å². The number of carbonyl (C=O) groups excluding carboxylic acids is 11. The van der Waals surface area contributed by atoms with Gasteiger partial charge in [0.2, 0.25) is 6.10 Å². The van der Waals surface area contributed by atoms with E-state index in [1.807, 2.05) is 19.9 Å². The Bertz CT molecular complexity index is 5300. The molecule has 0 amide bonds. The first-order valence-electron chi connectivity index (χ1n) is 35.3. The van der Waals surface area contributed by atoms with Gasteiger partial charge in [0.25, 0.3) is 0 Å². The molecule has 0 bridgehead atoms. The highest BCUT2D eigenvalue weighted by atomic mass is 19.4. The Balaban J connectivity index is 0.000000266. The number of halogens is 17. The second-order valence-electron chi connectivity index (χ2n) is 26.9. The van der Waals surface area contributed by atoms with Gasteiger partial charge in [0, 0.05) is 17.7 Å². The number of carboxylic acids is 7. The summed E-state index contributed by atoms with van der Waals surface area (Å²) < 4.78 is 266. The van der Waals surface area contributed by atoms with Gasteiger partial charge in [-0.2, -0.15) is 74.6 Å². The number of allylic oxidation sites excluding steroid dienone is 2. The second-order valence-corrected chi connectivity index (χ2v) is 26.9. The predicted molar refractivity (Wildman–Crippen MR) is 379 cm³/mol. The van der Waals surface area contributed by atoms with E-state index >= 15 is 0 Å². The number of rotatable bonds is 26. The van der Waals surface area contributed by atoms with Crippen LogP contribution in [0.4, 0.5) is 74.6 Å². The van der Waals surface area contributed by atoms with Crippen molar-refractivity contribution in [1.29, 1.82) is 0 Å². The molecule has 0 N–H and O–H groups in total. The Morgan fingerprint density at radius 3 is 1.27 bits per heavy atom. The predicted octanol–water partition coefficient (Wildman–Crippen LogP) is 6.88. The molecule has 2 heterocycles. The van der Waals surface area contributed by atoms with Crippen LogP contribution in [-0.2, 0) is 66.8 Å². The molecular weight excluding hydrogens is 1780 g/mol. The molecule has 2 fully saturated rings. The van der Waals surface area contributed by atoms with Crippen LogP contribution >= 0.6 is 0 Å². The standard InChI is InChI=1S/C13H10F2O7.C13H14F2O5.C12H14F2O4.2C12H8F2O3.C11H7F5O5.C8H6F2O3/c14-13(15,12(18)19)22-8-3-1-7(2-4-8)10(16)21-9-5-6-20-11(9)17;1-12(2,3)20-10(16)8-4-6-9(7-5-8)19-13(14,15)11(17)18;1-11(2)6-7-4-3-5-8(9(7)18-11)17-12(13,14)10(15)16;13-12(14,11(15)16)17-10-7-3-5-8-4-1-2-6-9(8)10;13-12(14,11(15)16)17-10-6-5-8-3-1-2-4-9(8)7-10;12-10(13,14)5-20-8(17)6-3-1-2-4-7(6)21-11(15,16)9(18)19;9-8(10,7(11)12)13-6-4-2-1-3-5-6/h1-4,9H,5-6H2,(H,18,19);4-7H,1-3H3,(H,17,18);3-5,7,9H,6H2,1-2H3,(H,15,16);2*1-7H,(H,15,16);1-4H,5H2,(H,18,19);1-5H,(H,11,12)/p-7. The number of carboxylic acid groups (broad SMARTS) is 7. The molecule has 0 spiro atoms. The number of hydrogen-bond acceptors (Lipinski definition) is 30. The van der Waals surface area contributed by atoms with E-state index in [9.17, 15) is 163 Å². The van der Waals surface area contributed by atoms with Crippen molar-refractivity contribution in [2.45, 2.75) is 120 Å². The fourth-order valence-corrected chi connectivity index (χ4v) is 9.77. The maximum atomic E-state index is 13.0. The van der Waals surface area contributed by atoms with E-state index in [1.54, 1.807) is 93.6 Å². The number of fused-ring (bicyclic) bond motifs is 3. The summed E-state index contributed by atoms with van der Waals surface area (Å²) in [5.74, 6) is -24.9. The van der Waals surface area contributed by atoms with Crippen LogP contribution in [0.15, 0.2) is 212 Å². The molecule has 47 heteroatoms. The maximum Gasteiger partial charge on any atom is 0.441 e. The molecule has 3 atom stereocenters. The number of alkyl halides is 17. The van der Waals surface area contributed by atoms with Crippen LogP contribution < -0.4 is 64.2 Å². The third-order valence-corrected chi connectivity index (χ3v) is 15.2. The molecule has 3 unspecified atom stereocenters. The van der Waals surface area contributed by atoms with Crippen molar-refractivity contribution in [2.24, 2.45) is 5.92 Å². The molecule has 8 aromatic carbocycles. The van der Waals surface area contributed by atoms with Crippen LogP contribution in [0.2, 0.25) is 0 Å². The average Bonchev–Trinajstić information content (AvgIpc) is 1.63. The number of carbonyl (C=O) groups is 11. The zero-order valence-electron chi connectivity index (χ0n) is 65.4. The van der Waals surface area contributed by atoms with E-state index in [4.69, 9.17) is 14.2 Å². The molecule has 11 rings (SSSR count). The Hall–Kier alpha value is -14.7. The van der Waals surface area contributed by atoms with Crippen LogP contribution in [0, 0.1) is 5.92 Å². The van der Waals surface area contributed by atoms with Crippen LogP contribution in [0.5, 0.6) is 34.5 Å². The number of hydrogen-bond donors (Lipinski definition) is 0. The largest absolute Gasteiger partial charge is 0.541 e. The zero-order valence-corrected chi connectivity index (χ0v) is 65.4. The quantitative estimate of drug-likeness (QED) is 0.0302. The van der Waals surface area contributed by atoms with E-state index in [2.05, 4.69) is 42.6 Å². The number of ether oxygens (including phenoxy) is 12. The van der Waals surface area contributed by atoms with Crippen molar-refractivity contribution >= 4 is 87.2 Å². The highest BCUT2D eigenvalue weighted by molar-refractivity contribution is 5.94. The smallest absolute Gasteiger partial charge is 0.441 e. The summed E-state index contributed by atoms with van der Waals surface area (Å²) in [5.41, 5.74) is -1.83. The Morgan fingerprint density at radius 2 is 0.805 bits per heavy atom. The maximum absolute atomic E-state index is 13.0. The highest BCUT2D eigenvalue weighted by Gasteiger charge is 2.47. The minimum absolute atomic E-state index is 0.0242. The molecule has 2 aliphatic heterocycles. The number of aliphatic carboxylic acids is 7. The summed E-state index contributed by atoms with van der Waals surface area (Å²) in [5, 5.41) is 73.3. The molecule has 30 nitrogen and oxygen atoms in total. The van der Waals surface area contributed by atoms with Crippen molar-refractivity contribution in [2.75, 3.05) is 13.2 Å². The lowest BCUT2D eigenvalue weighted by atomic mass is 9.91. The topological polar surface area (TPSA) is 460 Å². The fourth-order valence-electron chi connectivity index (χ4n) is 9.77. The molecule has 690 valence electrons. The average molecular weight is 1840 g/mol. The summed E-state index contributed by atoms with van der Waals surface area (Å²) in [6.07, 6.45) is -31.9. The van der Waals surface area contributed by atoms with Crippen LogP contribution in [0.3, 0.4) is 0 Å². The van der Waals surface area contributed by atoms with Crippen molar-refractivity contribution in [3.8, 4) is 34.5 Å². The Kier molecular flexibility index (Phi) is 35.1. The molecule has 0 saturated carbocycles. The van der Waals surface area contributed by atoms with E-state index in [-0.39, 0.29) is 53.1 Å². The first-order valence-corrected chi connectivity index (χ1v) is 35.3. The third kappa shape index (κ3) is 32.8. The van der Waals surface area contributed by atoms with Crippen molar-refractivity contribution in [3.05, 3.63) is 229 Å². The van der Waals surface area contributed by atoms with Gasteiger partial charge in [-0.15, -0.1) is 0 Å². The highest BCUT2D eigenvalue weighted by Crippen LogP contribution is 2.43. The minimum Gasteiger partial charge on any atom is -0.541 e. The van der Waals surface area contributed by atoms with Crippen molar-refractivity contribution in [1.82, 2.24) is 0 Å². The third-order valence-electron chi connectivity index (χ3n) is 15.2. The minimum atomic E-state index is -4.81. The normalized spacial score (nSPS) is 15.2. The second kappa shape index (κ2) is 43.3. The summed E-state index contributed by atoms with van der Waals surface area (Å²) in [7, 11) is 0. The van der Waals surface area contributed by atoms with Crippen molar-refractivity contribution in [3.63, 3.8) is 0 Å². The summed E-state index contributed by atoms with van der Waals surface area (Å²) in [6.45, 7) is 6.95. The van der Waals surface area contributed by atoms with Crippen molar-refractivity contribution < 1.29 is 220 Å². The first-order chi connectivity index (χ1) is 59.1. The van der Waals surface area contributed by atoms with Crippen LogP contribution in [0.25, 0.3) is 21.5 Å². The lowest BCUT2D eigenvalue weighted by Crippen LogP contribution is -2.45. The van der Waals surface area contributed by atoms with E-state index < -0.39 is 167 Å². The molecular formula is C81H60F17O30-7. The van der Waals surface area contributed by atoms with Gasteiger partial charge in [0.05, 0.1) is 23.3 Å². The molecule has 128 heavy (non-hydrogen) atoms. The molecule has 1 aliphatic carbocycles. The van der Waals surface area contributed by atoms with Gasteiger partial charge in [0.15, 0.2) is 48.4 Å². The van der Waals surface area contributed by atoms with Gasteiger partial charge in [-0.05, 0) is 154 Å². The van der Waals surface area contributed by atoms with E-state index in [1.165, 1.54) is 66.7 Å². The summed E-state index contributed by atoms with van der Waals surface area (Å²) in [6, 6.07) is 41.7. The van der Waals surface area contributed by atoms with E-state index in [0.29, 0.717) is 22.6 Å². The van der Waals surface area contributed by atoms with Crippen LogP contribution in [-0.4, -0.2) is 151 Å². The summed E-state index contributed by atoms with van der Waals surface area (Å²) in [4.78, 5) is 117.